The van der Waals surface area contributed by atoms with Crippen LogP contribution in [0.3, 0.4) is 0 Å². The number of rotatable bonds is 1. The molecule has 0 bridgehead atoms. The molecule has 0 aliphatic carbocycles. The van der Waals surface area contributed by atoms with Gasteiger partial charge in [0.05, 0.1) is 0 Å². The van der Waals surface area contributed by atoms with Crippen LogP contribution in [-0.2, 0) is 0 Å². The van der Waals surface area contributed by atoms with Crippen molar-refractivity contribution in [2.45, 2.75) is 6.92 Å². The summed E-state index contributed by atoms with van der Waals surface area (Å²) < 4.78 is 5.36. The average Bonchev–Trinajstić information content (AvgIpc) is 2.65. The Hall–Kier alpha value is -2.04. The third-order valence-electron chi connectivity index (χ3n) is 2.38. The molecule has 0 atom stereocenters. The molecule has 84 valence electrons. The average molecular weight is 219 g/mol. The number of anilines is 1. The first-order chi connectivity index (χ1) is 7.61. The van der Waals surface area contributed by atoms with Gasteiger partial charge in [0.25, 0.3) is 0 Å². The Labute approximate surface area is 93.1 Å². The molecule has 1 aromatic carbocycles. The van der Waals surface area contributed by atoms with Crippen molar-refractivity contribution in [3.05, 3.63) is 24.1 Å². The molecule has 16 heavy (non-hydrogen) atoms. The van der Waals surface area contributed by atoms with Crippen molar-refractivity contribution in [1.29, 1.82) is 0 Å². The van der Waals surface area contributed by atoms with Gasteiger partial charge in [-0.25, -0.2) is 9.78 Å². The monoisotopic (exact) mass is 219 g/mol. The number of hydrogen-bond donors (Lipinski definition) is 1. The molecule has 5 heteroatoms. The van der Waals surface area contributed by atoms with Crippen LogP contribution in [0.25, 0.3) is 11.1 Å². The fourth-order valence-electron chi connectivity index (χ4n) is 1.52. The van der Waals surface area contributed by atoms with Gasteiger partial charge in [0.2, 0.25) is 0 Å². The number of nitrogens with zero attached hydrogens (tertiary/aromatic N) is 2. The maximum Gasteiger partial charge on any atom is 0.321 e. The Morgan fingerprint density at radius 2 is 2.25 bits per heavy atom. The maximum atomic E-state index is 11.4. The van der Waals surface area contributed by atoms with Gasteiger partial charge in [0.15, 0.2) is 11.5 Å². The van der Waals surface area contributed by atoms with Gasteiger partial charge < -0.3 is 9.73 Å². The van der Waals surface area contributed by atoms with E-state index in [1.165, 1.54) is 4.90 Å². The highest BCUT2D eigenvalue weighted by Crippen LogP contribution is 2.21. The third-order valence-corrected chi connectivity index (χ3v) is 2.38. The number of aryl methyl sites for hydroxylation is 1. The summed E-state index contributed by atoms with van der Waals surface area (Å²) in [4.78, 5) is 17.2. The maximum absolute atomic E-state index is 11.4. The zero-order chi connectivity index (χ0) is 11.7. The smallest absolute Gasteiger partial charge is 0.321 e. The van der Waals surface area contributed by atoms with Crippen LogP contribution >= 0.6 is 0 Å². The van der Waals surface area contributed by atoms with E-state index in [2.05, 4.69) is 10.3 Å². The van der Waals surface area contributed by atoms with Gasteiger partial charge in [-0.2, -0.15) is 0 Å². The Kier molecular flexibility index (Phi) is 2.52. The molecule has 0 fully saturated rings. The molecule has 0 radical (unpaired) electrons. The minimum atomic E-state index is -0.167. The summed E-state index contributed by atoms with van der Waals surface area (Å²) in [5, 5.41) is 2.56. The summed E-state index contributed by atoms with van der Waals surface area (Å²) >= 11 is 0. The van der Waals surface area contributed by atoms with Crippen LogP contribution in [-0.4, -0.2) is 25.1 Å². The first-order valence-electron chi connectivity index (χ1n) is 4.94. The standard InChI is InChI=1S/C11H13N3O2/c1-7-13-9-6-8(4-5-10(9)16-7)14(3)11(15)12-2/h4-6H,1-3H3,(H,12,15). The third kappa shape index (κ3) is 1.71. The Balaban J connectivity index is 2.42. The second-order valence-corrected chi connectivity index (χ2v) is 3.50. The summed E-state index contributed by atoms with van der Waals surface area (Å²) in [5.74, 6) is 0.620. The van der Waals surface area contributed by atoms with Gasteiger partial charge >= 0.3 is 6.03 Å². The van der Waals surface area contributed by atoms with Gasteiger partial charge in [-0.15, -0.1) is 0 Å². The van der Waals surface area contributed by atoms with Crippen LogP contribution in [0.1, 0.15) is 5.89 Å². The van der Waals surface area contributed by atoms with Crippen molar-refractivity contribution in [2.75, 3.05) is 19.0 Å². The fourth-order valence-corrected chi connectivity index (χ4v) is 1.52. The lowest BCUT2D eigenvalue weighted by Crippen LogP contribution is -2.34. The molecule has 0 aliphatic heterocycles. The summed E-state index contributed by atoms with van der Waals surface area (Å²) in [7, 11) is 3.30. The van der Waals surface area contributed by atoms with Crippen LogP contribution in [0, 0.1) is 6.92 Å². The fraction of sp³-hybridized carbons (Fsp3) is 0.273. The topological polar surface area (TPSA) is 58.4 Å². The number of aromatic nitrogens is 1. The molecular formula is C11H13N3O2. The zero-order valence-electron chi connectivity index (χ0n) is 9.44. The first kappa shape index (κ1) is 10.5. The SMILES string of the molecule is CNC(=O)N(C)c1ccc2oc(C)nc2c1. The number of amides is 2. The van der Waals surface area contributed by atoms with Crippen LogP contribution in [0.15, 0.2) is 22.6 Å². The molecule has 0 spiro atoms. The van der Waals surface area contributed by atoms with Crippen LogP contribution in [0.2, 0.25) is 0 Å². The lowest BCUT2D eigenvalue weighted by molar-refractivity contribution is 0.249. The van der Waals surface area contributed by atoms with E-state index in [1.54, 1.807) is 21.0 Å². The van der Waals surface area contributed by atoms with Crippen molar-refractivity contribution in [2.24, 2.45) is 0 Å². The molecule has 2 aromatic rings. The summed E-state index contributed by atoms with van der Waals surface area (Å²) in [6.45, 7) is 1.79. The minimum absolute atomic E-state index is 0.167. The van der Waals surface area contributed by atoms with Crippen molar-refractivity contribution >= 4 is 22.8 Å². The highest BCUT2D eigenvalue weighted by atomic mass is 16.3. The second-order valence-electron chi connectivity index (χ2n) is 3.50. The molecule has 2 rings (SSSR count). The molecular weight excluding hydrogens is 206 g/mol. The van der Waals surface area contributed by atoms with Crippen molar-refractivity contribution in [3.63, 3.8) is 0 Å². The molecule has 0 saturated carbocycles. The molecule has 2 amide bonds. The van der Waals surface area contributed by atoms with Crippen LogP contribution < -0.4 is 10.2 Å². The summed E-state index contributed by atoms with van der Waals surface area (Å²) in [6.07, 6.45) is 0. The van der Waals surface area contributed by atoms with Crippen LogP contribution in [0.4, 0.5) is 10.5 Å². The van der Waals surface area contributed by atoms with Gasteiger partial charge in [-0.05, 0) is 18.2 Å². The van der Waals surface area contributed by atoms with E-state index in [0.717, 1.165) is 16.8 Å². The molecule has 0 saturated heterocycles. The van der Waals surface area contributed by atoms with Gasteiger partial charge in [0.1, 0.15) is 5.52 Å². The van der Waals surface area contributed by atoms with E-state index in [9.17, 15) is 4.79 Å². The number of urea groups is 1. The zero-order valence-corrected chi connectivity index (χ0v) is 9.44. The predicted molar refractivity (Wildman–Crippen MR) is 61.6 cm³/mol. The quantitative estimate of drug-likeness (QED) is 0.797. The number of nitrogens with one attached hydrogen (secondary N) is 1. The second kappa shape index (κ2) is 3.84. The number of carbonyl (C=O) groups excluding carboxylic acids is 1. The van der Waals surface area contributed by atoms with Gasteiger partial charge in [-0.3, -0.25) is 4.90 Å². The number of fused-ring (bicyclic) bond motifs is 1. The lowest BCUT2D eigenvalue weighted by Gasteiger charge is -2.15. The normalized spacial score (nSPS) is 10.4. The molecule has 1 N–H and O–H groups in total. The summed E-state index contributed by atoms with van der Waals surface area (Å²) in [5.41, 5.74) is 2.26. The van der Waals surface area contributed by atoms with E-state index in [1.807, 2.05) is 18.2 Å². The molecule has 1 heterocycles. The van der Waals surface area contributed by atoms with E-state index in [-0.39, 0.29) is 6.03 Å². The van der Waals surface area contributed by atoms with E-state index >= 15 is 0 Å². The van der Waals surface area contributed by atoms with Crippen molar-refractivity contribution in [1.82, 2.24) is 10.3 Å². The van der Waals surface area contributed by atoms with E-state index in [0.29, 0.717) is 5.89 Å². The van der Waals surface area contributed by atoms with Crippen molar-refractivity contribution in [3.8, 4) is 0 Å². The summed E-state index contributed by atoms with van der Waals surface area (Å²) in [6, 6.07) is 5.28. The Bertz CT molecular complexity index is 533. The number of oxazole rings is 1. The van der Waals surface area contributed by atoms with Crippen LogP contribution in [0.5, 0.6) is 0 Å². The molecule has 1 aromatic heterocycles. The first-order valence-corrected chi connectivity index (χ1v) is 4.94. The molecule has 0 aliphatic rings. The highest BCUT2D eigenvalue weighted by Gasteiger charge is 2.10. The number of benzene rings is 1. The minimum Gasteiger partial charge on any atom is -0.441 e. The van der Waals surface area contributed by atoms with Crippen molar-refractivity contribution < 1.29 is 9.21 Å². The number of hydrogen-bond acceptors (Lipinski definition) is 3. The van der Waals surface area contributed by atoms with E-state index < -0.39 is 0 Å². The van der Waals surface area contributed by atoms with Gasteiger partial charge in [0, 0.05) is 26.7 Å². The molecule has 5 nitrogen and oxygen atoms in total. The highest BCUT2D eigenvalue weighted by molar-refractivity contribution is 5.93. The Morgan fingerprint density at radius 1 is 1.50 bits per heavy atom. The molecule has 0 unspecified atom stereocenters. The van der Waals surface area contributed by atoms with E-state index in [4.69, 9.17) is 4.42 Å². The lowest BCUT2D eigenvalue weighted by atomic mass is 10.2. The largest absolute Gasteiger partial charge is 0.441 e. The number of carbonyl (C=O) groups is 1. The predicted octanol–water partition coefficient (Wildman–Crippen LogP) is 1.91. The Morgan fingerprint density at radius 3 is 2.94 bits per heavy atom. The van der Waals surface area contributed by atoms with Gasteiger partial charge in [-0.1, -0.05) is 0 Å².